The van der Waals surface area contributed by atoms with Gasteiger partial charge in [0.05, 0.1) is 12.2 Å². The molecule has 1 aliphatic heterocycles. The second-order valence-electron chi connectivity index (χ2n) is 9.38. The molecule has 1 saturated heterocycles. The van der Waals surface area contributed by atoms with Crippen LogP contribution in [0.25, 0.3) is 10.1 Å². The highest BCUT2D eigenvalue weighted by Gasteiger charge is 2.26. The molecule has 1 atom stereocenters. The molecule has 9 heteroatoms. The molecule has 0 radical (unpaired) electrons. The van der Waals surface area contributed by atoms with Gasteiger partial charge in [-0.05, 0) is 74.0 Å². The number of rotatable bonds is 9. The smallest absolute Gasteiger partial charge is 0.210 e. The number of hydrogen-bond acceptors (Lipinski definition) is 6. The van der Waals surface area contributed by atoms with Gasteiger partial charge >= 0.3 is 0 Å². The monoisotopic (exact) mass is 541 g/mol. The summed E-state index contributed by atoms with van der Waals surface area (Å²) in [4.78, 5) is 15.8. The fourth-order valence-electron chi connectivity index (χ4n) is 4.67. The zero-order valence-corrected chi connectivity index (χ0v) is 21.5. The predicted octanol–water partition coefficient (Wildman–Crippen LogP) is 6.89. The molecule has 1 aliphatic rings. The van der Waals surface area contributed by atoms with E-state index in [-0.39, 0.29) is 40.1 Å². The minimum atomic E-state index is -0.950. The van der Waals surface area contributed by atoms with Crippen LogP contribution in [-0.4, -0.2) is 48.7 Å². The number of alkyl halides is 1. The molecule has 198 valence electrons. The summed E-state index contributed by atoms with van der Waals surface area (Å²) in [5.41, 5.74) is -0.0546. The zero-order valence-electron chi connectivity index (χ0n) is 20.7. The van der Waals surface area contributed by atoms with Crippen molar-refractivity contribution in [3.63, 3.8) is 0 Å². The first-order chi connectivity index (χ1) is 18.3. The summed E-state index contributed by atoms with van der Waals surface area (Å²) in [5.74, 6) is -0.918. The highest BCUT2D eigenvalue weighted by Crippen LogP contribution is 2.43. The number of benzene rings is 3. The minimum Gasteiger partial charge on any atom is -0.508 e. The first kappa shape index (κ1) is 26.1. The Balaban J connectivity index is 1.36. The third-order valence-corrected chi connectivity index (χ3v) is 7.75. The molecule has 38 heavy (non-hydrogen) atoms. The van der Waals surface area contributed by atoms with Crippen LogP contribution in [0.3, 0.4) is 0 Å². The number of aryl methyl sites for hydroxylation is 1. The molecule has 1 aromatic heterocycles. The van der Waals surface area contributed by atoms with Crippen molar-refractivity contribution in [1.29, 1.82) is 0 Å². The first-order valence-corrected chi connectivity index (χ1v) is 13.1. The van der Waals surface area contributed by atoms with Crippen LogP contribution in [0.15, 0.2) is 54.6 Å². The van der Waals surface area contributed by atoms with Gasteiger partial charge in [0.2, 0.25) is 5.78 Å². The van der Waals surface area contributed by atoms with Crippen molar-refractivity contribution in [2.24, 2.45) is 5.92 Å². The van der Waals surface area contributed by atoms with E-state index >= 15 is 0 Å². The van der Waals surface area contributed by atoms with Crippen molar-refractivity contribution in [3.05, 3.63) is 82.2 Å². The quantitative estimate of drug-likeness (QED) is 0.234. The van der Waals surface area contributed by atoms with E-state index in [4.69, 9.17) is 9.47 Å². The van der Waals surface area contributed by atoms with E-state index in [2.05, 4.69) is 4.90 Å². The van der Waals surface area contributed by atoms with Gasteiger partial charge < -0.3 is 14.6 Å². The SMILES string of the molecule is Cc1cc(F)cc(F)c1C(=O)c1sc2cc(O)ccc2c1Oc1ccc(OCCN2CCC(CF)C2)cc1. The lowest BCUT2D eigenvalue weighted by Gasteiger charge is -2.16. The summed E-state index contributed by atoms with van der Waals surface area (Å²) in [6.45, 7) is 4.00. The third-order valence-electron chi connectivity index (χ3n) is 6.62. The molecule has 3 aromatic carbocycles. The number of carbonyl (C=O) groups excluding carboxylic acids is 1. The van der Waals surface area contributed by atoms with Crippen molar-refractivity contribution in [1.82, 2.24) is 4.90 Å². The van der Waals surface area contributed by atoms with Gasteiger partial charge in [-0.25, -0.2) is 8.78 Å². The molecule has 0 aliphatic carbocycles. The largest absolute Gasteiger partial charge is 0.508 e. The topological polar surface area (TPSA) is 59.0 Å². The van der Waals surface area contributed by atoms with Crippen LogP contribution in [-0.2, 0) is 0 Å². The summed E-state index contributed by atoms with van der Waals surface area (Å²) < 4.78 is 53.6. The lowest BCUT2D eigenvalue weighted by molar-refractivity contribution is 0.103. The number of aromatic hydroxyl groups is 1. The number of carbonyl (C=O) groups is 1. The molecule has 4 aromatic rings. The Labute approximate surface area is 222 Å². The van der Waals surface area contributed by atoms with E-state index in [0.717, 1.165) is 36.9 Å². The standard InChI is InChI=1S/C29H26F3NO4S/c1-17-12-19(31)13-24(32)26(17)27(35)29-28(23-7-2-20(34)14-25(23)38-29)37-22-5-3-21(4-6-22)36-11-10-33-9-8-18(15-30)16-33/h2-7,12-14,18,34H,8-11,15-16H2,1H3. The first-order valence-electron chi connectivity index (χ1n) is 12.3. The van der Waals surface area contributed by atoms with Gasteiger partial charge in [0, 0.05) is 35.2 Å². The molecule has 0 saturated carbocycles. The van der Waals surface area contributed by atoms with Crippen molar-refractivity contribution < 1.29 is 32.5 Å². The number of fused-ring (bicyclic) bond motifs is 1. The summed E-state index contributed by atoms with van der Waals surface area (Å²) in [6.07, 6.45) is 0.872. The van der Waals surface area contributed by atoms with E-state index in [9.17, 15) is 23.1 Å². The average Bonchev–Trinajstić information content (AvgIpc) is 3.48. The highest BCUT2D eigenvalue weighted by molar-refractivity contribution is 7.21. The van der Waals surface area contributed by atoms with E-state index in [1.165, 1.54) is 19.1 Å². The molecule has 1 fully saturated rings. The predicted molar refractivity (Wildman–Crippen MR) is 141 cm³/mol. The summed E-state index contributed by atoms with van der Waals surface area (Å²) in [5, 5.41) is 10.5. The van der Waals surface area contributed by atoms with Gasteiger partial charge in [0.15, 0.2) is 5.75 Å². The van der Waals surface area contributed by atoms with Gasteiger partial charge in [0.25, 0.3) is 0 Å². The Bertz CT molecular complexity index is 1450. The number of ether oxygens (including phenoxy) is 2. The number of nitrogens with zero attached hydrogens (tertiary/aromatic N) is 1. The van der Waals surface area contributed by atoms with Crippen molar-refractivity contribution in [3.8, 4) is 23.0 Å². The minimum absolute atomic E-state index is 0.0177. The van der Waals surface area contributed by atoms with Gasteiger partial charge in [-0.1, -0.05) is 0 Å². The highest BCUT2D eigenvalue weighted by atomic mass is 32.1. The van der Waals surface area contributed by atoms with Crippen molar-refractivity contribution >= 4 is 27.2 Å². The van der Waals surface area contributed by atoms with Crippen LogP contribution >= 0.6 is 11.3 Å². The molecule has 1 unspecified atom stereocenters. The maximum absolute atomic E-state index is 14.6. The number of phenolic OH excluding ortho intramolecular Hbond substituents is 1. The average molecular weight is 542 g/mol. The number of halogens is 3. The summed E-state index contributed by atoms with van der Waals surface area (Å²) in [6, 6.07) is 13.3. The summed E-state index contributed by atoms with van der Waals surface area (Å²) >= 11 is 1.06. The van der Waals surface area contributed by atoms with Crippen LogP contribution < -0.4 is 9.47 Å². The molecule has 5 nitrogen and oxygen atoms in total. The van der Waals surface area contributed by atoms with Crippen LogP contribution in [0.4, 0.5) is 13.2 Å². The lowest BCUT2D eigenvalue weighted by atomic mass is 10.0. The Morgan fingerprint density at radius 1 is 1.11 bits per heavy atom. The van der Waals surface area contributed by atoms with Crippen LogP contribution in [0.2, 0.25) is 0 Å². The third kappa shape index (κ3) is 5.49. The summed E-state index contributed by atoms with van der Waals surface area (Å²) in [7, 11) is 0. The molecule has 0 spiro atoms. The fraction of sp³-hybridized carbons (Fsp3) is 0.276. The van der Waals surface area contributed by atoms with Gasteiger partial charge in [-0.15, -0.1) is 11.3 Å². The Morgan fingerprint density at radius 2 is 1.87 bits per heavy atom. The number of hydrogen-bond donors (Lipinski definition) is 1. The molecule has 0 amide bonds. The van der Waals surface area contributed by atoms with Crippen LogP contribution in [0.5, 0.6) is 23.0 Å². The van der Waals surface area contributed by atoms with Crippen LogP contribution in [0.1, 0.15) is 27.2 Å². The fourth-order valence-corrected chi connectivity index (χ4v) is 5.78. The van der Waals surface area contributed by atoms with Gasteiger partial charge in [-0.3, -0.25) is 14.1 Å². The number of thiophene rings is 1. The normalized spacial score (nSPS) is 15.7. The maximum atomic E-state index is 14.6. The van der Waals surface area contributed by atoms with Gasteiger partial charge in [-0.2, -0.15) is 0 Å². The number of phenols is 1. The molecule has 5 rings (SSSR count). The number of likely N-dealkylation sites (tertiary alicyclic amines) is 1. The van der Waals surface area contributed by atoms with E-state index in [1.54, 1.807) is 30.3 Å². The Morgan fingerprint density at radius 3 is 2.58 bits per heavy atom. The molecule has 2 heterocycles. The van der Waals surface area contributed by atoms with E-state index in [1.807, 2.05) is 0 Å². The Hall–Kier alpha value is -3.56. The van der Waals surface area contributed by atoms with Crippen molar-refractivity contribution in [2.75, 3.05) is 32.9 Å². The molecular weight excluding hydrogens is 515 g/mol. The second kappa shape index (κ2) is 11.0. The van der Waals surface area contributed by atoms with E-state index < -0.39 is 17.4 Å². The maximum Gasteiger partial charge on any atom is 0.210 e. The molecule has 1 N–H and O–H groups in total. The van der Waals surface area contributed by atoms with Crippen molar-refractivity contribution in [2.45, 2.75) is 13.3 Å². The Kier molecular flexibility index (Phi) is 7.58. The second-order valence-corrected chi connectivity index (χ2v) is 10.4. The van der Waals surface area contributed by atoms with Crippen LogP contribution in [0, 0.1) is 24.5 Å². The van der Waals surface area contributed by atoms with E-state index in [0.29, 0.717) is 40.8 Å². The zero-order chi connectivity index (χ0) is 26.8. The van der Waals surface area contributed by atoms with Gasteiger partial charge in [0.1, 0.15) is 40.4 Å². The molecular formula is C29H26F3NO4S. The lowest BCUT2D eigenvalue weighted by Crippen LogP contribution is -2.26. The number of ketones is 1. The molecule has 0 bridgehead atoms.